The molecule has 0 spiro atoms. The minimum absolute atomic E-state index is 0.0878. The number of hydrogen-bond acceptors (Lipinski definition) is 9. The van der Waals surface area contributed by atoms with Gasteiger partial charge < -0.3 is 20.1 Å². The number of nitrogens with zero attached hydrogens (tertiary/aromatic N) is 7. The van der Waals surface area contributed by atoms with Gasteiger partial charge in [0.2, 0.25) is 5.95 Å². The Bertz CT molecular complexity index is 1550. The lowest BCUT2D eigenvalue weighted by Gasteiger charge is -2.22. The van der Waals surface area contributed by atoms with E-state index in [-0.39, 0.29) is 29.1 Å². The van der Waals surface area contributed by atoms with Gasteiger partial charge in [0, 0.05) is 55.3 Å². The molecule has 4 aromatic rings. The molecule has 1 atom stereocenters. The summed E-state index contributed by atoms with van der Waals surface area (Å²) in [6.07, 6.45) is 5.42. The van der Waals surface area contributed by atoms with Crippen molar-refractivity contribution in [1.82, 2.24) is 34.8 Å². The predicted octanol–water partition coefficient (Wildman–Crippen LogP) is 3.29. The number of carbonyl (C=O) groups excluding carboxylic acids is 1. The molecule has 0 bridgehead atoms. The van der Waals surface area contributed by atoms with E-state index in [2.05, 4.69) is 56.9 Å². The molecule has 0 aliphatic carbocycles. The molecule has 0 radical (unpaired) electrons. The first-order valence-corrected chi connectivity index (χ1v) is 13.0. The van der Waals surface area contributed by atoms with Crippen molar-refractivity contribution in [2.24, 2.45) is 0 Å². The van der Waals surface area contributed by atoms with Crippen LogP contribution in [-0.4, -0.2) is 61.7 Å². The molecule has 1 aliphatic rings. The van der Waals surface area contributed by atoms with E-state index >= 15 is 0 Å². The monoisotopic (exact) mass is 534 g/mol. The minimum atomic E-state index is -0.356. The lowest BCUT2D eigenvalue weighted by molar-refractivity contribution is 0.249. The van der Waals surface area contributed by atoms with Gasteiger partial charge in [-0.15, -0.1) is 0 Å². The summed E-state index contributed by atoms with van der Waals surface area (Å²) in [7, 11) is 1.74. The number of hydrogen-bond donors (Lipinski definition) is 3. The zero-order valence-corrected chi connectivity index (χ0v) is 23.0. The van der Waals surface area contributed by atoms with Crippen LogP contribution in [0.4, 0.5) is 22.2 Å². The van der Waals surface area contributed by atoms with E-state index in [9.17, 15) is 9.59 Å². The third-order valence-corrected chi connectivity index (χ3v) is 6.74. The van der Waals surface area contributed by atoms with Gasteiger partial charge in [-0.1, -0.05) is 25.9 Å². The van der Waals surface area contributed by atoms with Gasteiger partial charge in [-0.3, -0.25) is 14.7 Å². The Morgan fingerprint density at radius 2 is 2.00 bits per heavy atom. The Balaban J connectivity index is 1.34. The van der Waals surface area contributed by atoms with Crippen molar-refractivity contribution >= 4 is 34.5 Å². The highest BCUT2D eigenvalue weighted by atomic mass is 16.5. The number of anilines is 3. The van der Waals surface area contributed by atoms with Crippen LogP contribution in [0, 0.1) is 0 Å². The van der Waals surface area contributed by atoms with Crippen molar-refractivity contribution in [3.63, 3.8) is 0 Å². The van der Waals surface area contributed by atoms with Crippen molar-refractivity contribution in [3.05, 3.63) is 46.8 Å². The van der Waals surface area contributed by atoms with Gasteiger partial charge >= 0.3 is 6.03 Å². The van der Waals surface area contributed by atoms with Crippen molar-refractivity contribution in [2.75, 3.05) is 35.7 Å². The van der Waals surface area contributed by atoms with Gasteiger partial charge in [-0.25, -0.2) is 14.5 Å². The van der Waals surface area contributed by atoms with Crippen LogP contribution >= 0.6 is 0 Å². The van der Waals surface area contributed by atoms with E-state index in [1.807, 2.05) is 30.9 Å². The van der Waals surface area contributed by atoms with Crippen LogP contribution in [0.5, 0.6) is 0 Å². The Morgan fingerprint density at radius 1 is 1.21 bits per heavy atom. The molecule has 5 heterocycles. The first kappa shape index (κ1) is 26.2. The maximum absolute atomic E-state index is 13.5. The van der Waals surface area contributed by atoms with Crippen molar-refractivity contribution in [3.8, 4) is 5.69 Å². The Labute approximate surface area is 225 Å². The Kier molecular flexibility index (Phi) is 6.74. The fourth-order valence-electron chi connectivity index (χ4n) is 4.70. The van der Waals surface area contributed by atoms with E-state index in [4.69, 9.17) is 4.52 Å². The normalized spacial score (nSPS) is 15.8. The second-order valence-corrected chi connectivity index (χ2v) is 11.0. The van der Waals surface area contributed by atoms with E-state index < -0.39 is 0 Å². The lowest BCUT2D eigenvalue weighted by Crippen LogP contribution is -2.41. The molecule has 0 aromatic carbocycles. The van der Waals surface area contributed by atoms with Crippen molar-refractivity contribution in [1.29, 1.82) is 0 Å². The number of rotatable bonds is 6. The number of fused-ring (bicyclic) bond motifs is 1. The van der Waals surface area contributed by atoms with E-state index in [1.54, 1.807) is 22.5 Å². The second-order valence-electron chi connectivity index (χ2n) is 11.0. The maximum Gasteiger partial charge on any atom is 0.320 e. The highest BCUT2D eigenvalue weighted by Crippen LogP contribution is 2.27. The minimum Gasteiger partial charge on any atom is -0.365 e. The topological polar surface area (TPSA) is 148 Å². The summed E-state index contributed by atoms with van der Waals surface area (Å²) >= 11 is 0. The standard InChI is InChI=1S/C26H34N10O3/c1-15(2)35-22-16(11-28-24(27-6)32-22)9-19(23(35)37)34-8-7-17(13-34)30-25(38)31-21-10-20(26(3,4)5)33-36(21)18-12-29-39-14-18/h9-12,14-15,17H,7-8,13H2,1-6H3,(H,27,28,32)(H2,30,31,38). The number of pyridine rings is 1. The van der Waals surface area contributed by atoms with E-state index in [0.29, 0.717) is 48.3 Å². The number of carbonyl (C=O) groups is 1. The first-order chi connectivity index (χ1) is 18.5. The van der Waals surface area contributed by atoms with Crippen molar-refractivity contribution in [2.45, 2.75) is 58.5 Å². The van der Waals surface area contributed by atoms with Crippen LogP contribution in [0.25, 0.3) is 16.7 Å². The molecule has 2 amide bonds. The average molecular weight is 535 g/mol. The molecule has 13 nitrogen and oxygen atoms in total. The summed E-state index contributed by atoms with van der Waals surface area (Å²) in [5, 5.41) is 18.1. The van der Waals surface area contributed by atoms with Crippen LogP contribution in [0.15, 0.2) is 40.1 Å². The van der Waals surface area contributed by atoms with Crippen LogP contribution in [-0.2, 0) is 5.41 Å². The van der Waals surface area contributed by atoms with Gasteiger partial charge in [-0.2, -0.15) is 10.1 Å². The van der Waals surface area contributed by atoms with Gasteiger partial charge in [0.15, 0.2) is 0 Å². The zero-order chi connectivity index (χ0) is 27.9. The van der Waals surface area contributed by atoms with Crippen LogP contribution < -0.4 is 26.4 Å². The van der Waals surface area contributed by atoms with Crippen LogP contribution in [0.1, 0.15) is 52.8 Å². The molecule has 4 aromatic heterocycles. The number of nitrogens with one attached hydrogen (secondary N) is 3. The molecule has 1 saturated heterocycles. The summed E-state index contributed by atoms with van der Waals surface area (Å²) in [5.74, 6) is 0.964. The largest absolute Gasteiger partial charge is 0.365 e. The predicted molar refractivity (Wildman–Crippen MR) is 149 cm³/mol. The maximum atomic E-state index is 13.5. The fraction of sp³-hybridized carbons (Fsp3) is 0.462. The Hall–Kier alpha value is -4.42. The Morgan fingerprint density at radius 3 is 2.67 bits per heavy atom. The number of urea groups is 1. The third kappa shape index (κ3) is 5.16. The molecular weight excluding hydrogens is 500 g/mol. The van der Waals surface area contributed by atoms with Crippen molar-refractivity contribution < 1.29 is 9.32 Å². The van der Waals surface area contributed by atoms with Crippen LogP contribution in [0.2, 0.25) is 0 Å². The molecule has 206 valence electrons. The summed E-state index contributed by atoms with van der Waals surface area (Å²) < 4.78 is 8.27. The summed E-state index contributed by atoms with van der Waals surface area (Å²) in [4.78, 5) is 37.4. The van der Waals surface area contributed by atoms with Crippen LogP contribution in [0.3, 0.4) is 0 Å². The second kappa shape index (κ2) is 10.0. The third-order valence-electron chi connectivity index (χ3n) is 6.74. The van der Waals surface area contributed by atoms with Gasteiger partial charge in [0.1, 0.15) is 29.1 Å². The van der Waals surface area contributed by atoms with E-state index in [0.717, 1.165) is 11.1 Å². The summed E-state index contributed by atoms with van der Waals surface area (Å²) in [6.45, 7) is 11.2. The SMILES string of the molecule is CNc1ncc2cc(N3CCC(NC(=O)Nc4cc(C(C)(C)C)nn4-c4cnoc4)C3)c(=O)n(C(C)C)c2n1. The smallest absolute Gasteiger partial charge is 0.320 e. The van der Waals surface area contributed by atoms with Gasteiger partial charge in [-0.05, 0) is 26.3 Å². The highest BCUT2D eigenvalue weighted by Gasteiger charge is 2.28. The van der Waals surface area contributed by atoms with Gasteiger partial charge in [0.05, 0.1) is 11.9 Å². The molecule has 3 N–H and O–H groups in total. The summed E-state index contributed by atoms with van der Waals surface area (Å²) in [6, 6.07) is 3.09. The molecule has 39 heavy (non-hydrogen) atoms. The molecule has 0 saturated carbocycles. The molecule has 1 aliphatic heterocycles. The molecule has 5 rings (SSSR count). The quantitative estimate of drug-likeness (QED) is 0.339. The zero-order valence-electron chi connectivity index (χ0n) is 23.0. The molecular formula is C26H34N10O3. The lowest BCUT2D eigenvalue weighted by atomic mass is 9.92. The average Bonchev–Trinajstić information content (AvgIpc) is 3.64. The number of aromatic nitrogens is 6. The number of amides is 2. The fourth-order valence-corrected chi connectivity index (χ4v) is 4.70. The highest BCUT2D eigenvalue weighted by molar-refractivity contribution is 5.89. The molecule has 13 heteroatoms. The molecule has 1 unspecified atom stereocenters. The first-order valence-electron chi connectivity index (χ1n) is 13.0. The summed E-state index contributed by atoms with van der Waals surface area (Å²) in [5.41, 5.74) is 2.25. The van der Waals surface area contributed by atoms with Gasteiger partial charge in [0.25, 0.3) is 5.56 Å². The van der Waals surface area contributed by atoms with E-state index in [1.165, 1.54) is 12.5 Å². The molecule has 1 fully saturated rings.